The normalized spacial score (nSPS) is 23.1. The van der Waals surface area contributed by atoms with Gasteiger partial charge >= 0.3 is 23.9 Å². The van der Waals surface area contributed by atoms with Gasteiger partial charge in [0.15, 0.2) is 24.3 Å². The van der Waals surface area contributed by atoms with Crippen LogP contribution >= 0.6 is 0 Å². The monoisotopic (exact) mass is 857 g/mol. The number of ether oxygens (including phenoxy) is 8. The summed E-state index contributed by atoms with van der Waals surface area (Å²) in [7, 11) is 1.19. The van der Waals surface area contributed by atoms with Crippen molar-refractivity contribution in [1.29, 1.82) is 0 Å². The molecule has 63 heavy (non-hydrogen) atoms. The van der Waals surface area contributed by atoms with E-state index in [9.17, 15) is 24.0 Å². The molecule has 2 fully saturated rings. The number of carbonyl (C=O) groups is 5. The molecule has 8 unspecified atom stereocenters. The molecule has 0 aromatic heterocycles. The number of Topliss-reactive ketones (excluding diaryl/α,β-unsaturated/α-hetero) is 1. The number of methoxy groups -OCH3 is 1. The molecule has 0 amide bonds. The predicted molar refractivity (Wildman–Crippen MR) is 226 cm³/mol. The highest BCUT2D eigenvalue weighted by atomic mass is 16.7. The molecule has 0 radical (unpaired) electrons. The zero-order valence-electron chi connectivity index (χ0n) is 34.4. The van der Waals surface area contributed by atoms with Crippen molar-refractivity contribution in [3.63, 3.8) is 0 Å². The smallest absolute Gasteiger partial charge is 0.338 e. The Hall–Kier alpha value is -6.55. The van der Waals surface area contributed by atoms with E-state index in [-0.39, 0.29) is 49.7 Å². The average Bonchev–Trinajstić information content (AvgIpc) is 3.33. The zero-order valence-corrected chi connectivity index (χ0v) is 34.4. The number of hydrogen-bond donors (Lipinski definition) is 1. The highest BCUT2D eigenvalue weighted by molar-refractivity contribution is 5.97. The van der Waals surface area contributed by atoms with Crippen LogP contribution < -0.4 is 5.32 Å². The molecule has 2 aliphatic rings. The lowest BCUT2D eigenvalue weighted by atomic mass is 9.96. The zero-order chi connectivity index (χ0) is 44.0. The number of esters is 4. The van der Waals surface area contributed by atoms with E-state index in [0.717, 1.165) is 5.56 Å². The quantitative estimate of drug-likeness (QED) is 0.0677. The van der Waals surface area contributed by atoms with Crippen LogP contribution in [0.1, 0.15) is 53.4 Å². The van der Waals surface area contributed by atoms with Crippen molar-refractivity contribution in [2.45, 2.75) is 62.0 Å². The number of nitrogens with one attached hydrogen (secondary N) is 1. The van der Waals surface area contributed by atoms with Crippen molar-refractivity contribution < 1.29 is 61.9 Å². The first-order chi connectivity index (χ1) is 30.8. The Morgan fingerprint density at radius 3 is 1.68 bits per heavy atom. The maximum Gasteiger partial charge on any atom is 0.338 e. The van der Waals surface area contributed by atoms with Crippen molar-refractivity contribution in [2.75, 3.05) is 26.9 Å². The standard InChI is InChI=1S/C49H47NO13/c1-56-48(55)44-43(42(57-29-32-17-7-2-8-18-32)40(31-58-44)62-47(54)36-25-15-6-16-26-36)63-49-41(50-28-38(51)33-19-9-3-10-20-33)39(61-46(53)35-23-13-5-14-24-35)27-37(60-49)30-59-45(52)34-21-11-4-12-22-34/h2-26,37,39-44,49-50H,27-31H2,1H3. The van der Waals surface area contributed by atoms with Gasteiger partial charge in [0, 0.05) is 12.0 Å². The van der Waals surface area contributed by atoms with E-state index < -0.39 is 72.8 Å². The predicted octanol–water partition coefficient (Wildman–Crippen LogP) is 5.79. The van der Waals surface area contributed by atoms with Gasteiger partial charge in [-0.15, -0.1) is 0 Å². The SMILES string of the molecule is COC(=O)C1OCC(OC(=O)c2ccccc2)C(OCc2ccccc2)C1OC1OC(COC(=O)c2ccccc2)CC(OC(=O)c2ccccc2)C1NCC(=O)c1ccccc1. The van der Waals surface area contributed by atoms with E-state index in [1.54, 1.807) is 121 Å². The van der Waals surface area contributed by atoms with E-state index in [4.69, 9.17) is 37.9 Å². The minimum atomic E-state index is -1.46. The summed E-state index contributed by atoms with van der Waals surface area (Å²) in [6.45, 7) is -0.814. The molecule has 0 spiro atoms. The lowest BCUT2D eigenvalue weighted by Crippen LogP contribution is -2.64. The average molecular weight is 858 g/mol. The second-order valence-electron chi connectivity index (χ2n) is 14.8. The number of rotatable bonds is 17. The van der Waals surface area contributed by atoms with Gasteiger partial charge in [0.1, 0.15) is 24.9 Å². The van der Waals surface area contributed by atoms with Crippen LogP contribution in [-0.4, -0.2) is 105 Å². The van der Waals surface area contributed by atoms with Gasteiger partial charge in [-0.05, 0) is 42.0 Å². The Morgan fingerprint density at radius 2 is 1.13 bits per heavy atom. The second-order valence-corrected chi connectivity index (χ2v) is 14.8. The molecule has 2 saturated heterocycles. The van der Waals surface area contributed by atoms with Crippen molar-refractivity contribution in [3.8, 4) is 0 Å². The second kappa shape index (κ2) is 22.0. The van der Waals surface area contributed by atoms with Gasteiger partial charge in [-0.2, -0.15) is 0 Å². The fraction of sp³-hybridized carbons (Fsp3) is 0.286. The first kappa shape index (κ1) is 44.5. The molecule has 14 nitrogen and oxygen atoms in total. The maximum absolute atomic E-state index is 13.8. The Morgan fingerprint density at radius 1 is 0.619 bits per heavy atom. The molecule has 0 saturated carbocycles. The molecule has 1 N–H and O–H groups in total. The van der Waals surface area contributed by atoms with Gasteiger partial charge in [0.05, 0.1) is 55.7 Å². The van der Waals surface area contributed by atoms with Crippen molar-refractivity contribution >= 4 is 29.7 Å². The Kier molecular flexibility index (Phi) is 15.5. The first-order valence-electron chi connectivity index (χ1n) is 20.5. The molecule has 7 rings (SSSR count). The molecule has 2 aliphatic heterocycles. The first-order valence-corrected chi connectivity index (χ1v) is 20.5. The van der Waals surface area contributed by atoms with Crippen LogP contribution in [0.2, 0.25) is 0 Å². The van der Waals surface area contributed by atoms with E-state index >= 15 is 0 Å². The van der Waals surface area contributed by atoms with Crippen molar-refractivity contribution in [2.24, 2.45) is 0 Å². The Labute approximate surface area is 364 Å². The van der Waals surface area contributed by atoms with Gasteiger partial charge in [-0.3, -0.25) is 10.1 Å². The minimum absolute atomic E-state index is 0.00675. The Balaban J connectivity index is 1.25. The third-order valence-electron chi connectivity index (χ3n) is 10.5. The van der Waals surface area contributed by atoms with Gasteiger partial charge < -0.3 is 37.9 Å². The summed E-state index contributed by atoms with van der Waals surface area (Å²) < 4.78 is 49.0. The number of ketones is 1. The summed E-state index contributed by atoms with van der Waals surface area (Å²) in [5.74, 6) is -3.07. The molecular weight excluding hydrogens is 811 g/mol. The lowest BCUT2D eigenvalue weighted by molar-refractivity contribution is -0.300. The van der Waals surface area contributed by atoms with Crippen LogP contribution in [-0.2, 0) is 49.3 Å². The molecule has 14 heteroatoms. The fourth-order valence-corrected chi connectivity index (χ4v) is 7.27. The molecular formula is C49H47NO13. The molecule has 0 aliphatic carbocycles. The Bertz CT molecular complexity index is 2260. The van der Waals surface area contributed by atoms with Gasteiger partial charge in [0.2, 0.25) is 0 Å². The van der Waals surface area contributed by atoms with E-state index in [0.29, 0.717) is 11.1 Å². The lowest BCUT2D eigenvalue weighted by Gasteiger charge is -2.46. The summed E-state index contributed by atoms with van der Waals surface area (Å²) in [4.78, 5) is 67.6. The molecule has 5 aromatic rings. The molecule has 2 heterocycles. The van der Waals surface area contributed by atoms with Crippen molar-refractivity contribution in [1.82, 2.24) is 5.32 Å². The summed E-state index contributed by atoms with van der Waals surface area (Å²) >= 11 is 0. The molecule has 0 bridgehead atoms. The summed E-state index contributed by atoms with van der Waals surface area (Å²) in [5, 5.41) is 3.21. The fourth-order valence-electron chi connectivity index (χ4n) is 7.27. The molecule has 5 aromatic carbocycles. The van der Waals surface area contributed by atoms with Gasteiger partial charge in [0.25, 0.3) is 0 Å². The van der Waals surface area contributed by atoms with Gasteiger partial charge in [-0.1, -0.05) is 115 Å². The van der Waals surface area contributed by atoms with Crippen LogP contribution in [0.25, 0.3) is 0 Å². The maximum atomic E-state index is 13.8. The van der Waals surface area contributed by atoms with Crippen LogP contribution in [0.4, 0.5) is 0 Å². The van der Waals surface area contributed by atoms with Gasteiger partial charge in [-0.25, -0.2) is 19.2 Å². The van der Waals surface area contributed by atoms with Crippen LogP contribution in [0.3, 0.4) is 0 Å². The van der Waals surface area contributed by atoms with E-state index in [2.05, 4.69) is 5.32 Å². The van der Waals surface area contributed by atoms with Crippen LogP contribution in [0, 0.1) is 0 Å². The minimum Gasteiger partial charge on any atom is -0.467 e. The number of carbonyl (C=O) groups excluding carboxylic acids is 5. The summed E-state index contributed by atoms with van der Waals surface area (Å²) in [5.41, 5.74) is 2.03. The number of benzene rings is 5. The molecule has 8 atom stereocenters. The summed E-state index contributed by atoms with van der Waals surface area (Å²) in [6, 6.07) is 41.8. The van der Waals surface area contributed by atoms with E-state index in [1.807, 2.05) is 30.3 Å². The van der Waals surface area contributed by atoms with E-state index in [1.165, 1.54) is 7.11 Å². The molecule has 326 valence electrons. The largest absolute Gasteiger partial charge is 0.467 e. The number of hydrogen-bond acceptors (Lipinski definition) is 14. The topological polar surface area (TPSA) is 171 Å². The highest BCUT2D eigenvalue weighted by Crippen LogP contribution is 2.32. The van der Waals surface area contributed by atoms with Crippen LogP contribution in [0.5, 0.6) is 0 Å². The summed E-state index contributed by atoms with van der Waals surface area (Å²) in [6.07, 6.45) is -8.65. The highest BCUT2D eigenvalue weighted by Gasteiger charge is 2.52. The third-order valence-corrected chi connectivity index (χ3v) is 10.5. The van der Waals surface area contributed by atoms with Crippen LogP contribution in [0.15, 0.2) is 152 Å². The van der Waals surface area contributed by atoms with Crippen molar-refractivity contribution in [3.05, 3.63) is 179 Å². The third kappa shape index (κ3) is 11.9.